The summed E-state index contributed by atoms with van der Waals surface area (Å²) in [5.41, 5.74) is 3.93. The SMILES string of the molecule is Cc1ccc(S(=O)(=O)O)cc1.O=C1c2ccccc2C(=NO)c2ccccc21. The lowest BCUT2D eigenvalue weighted by atomic mass is 9.84. The van der Waals surface area contributed by atoms with Crippen LogP contribution in [0.4, 0.5) is 0 Å². The van der Waals surface area contributed by atoms with E-state index in [2.05, 4.69) is 5.16 Å². The molecule has 3 aromatic carbocycles. The molecule has 1 aliphatic carbocycles. The molecule has 3 aromatic rings. The van der Waals surface area contributed by atoms with Crippen molar-refractivity contribution in [1.82, 2.24) is 0 Å². The van der Waals surface area contributed by atoms with Crippen LogP contribution in [0.3, 0.4) is 0 Å². The Balaban J connectivity index is 0.000000178. The van der Waals surface area contributed by atoms with Gasteiger partial charge in [0.2, 0.25) is 0 Å². The summed E-state index contributed by atoms with van der Waals surface area (Å²) in [5.74, 6) is -0.0244. The number of carbonyl (C=O) groups excluding carboxylic acids is 1. The molecule has 0 atom stereocenters. The van der Waals surface area contributed by atoms with Crippen molar-refractivity contribution in [3.63, 3.8) is 0 Å². The summed E-state index contributed by atoms with van der Waals surface area (Å²) in [6.07, 6.45) is 0. The quantitative estimate of drug-likeness (QED) is 0.291. The standard InChI is InChI=1S/C14H9NO2.C7H8O3S/c16-14-11-7-3-1-5-9(11)13(15-17)10-6-2-4-8-12(10)14;1-6-2-4-7(5-3-6)11(8,9)10/h1-8,17H;2-5H,1H3,(H,8,9,10). The maximum absolute atomic E-state index is 12.2. The number of oxime groups is 1. The predicted molar refractivity (Wildman–Crippen MR) is 105 cm³/mol. The van der Waals surface area contributed by atoms with E-state index in [1.165, 1.54) is 12.1 Å². The zero-order valence-electron chi connectivity index (χ0n) is 14.9. The zero-order valence-corrected chi connectivity index (χ0v) is 15.7. The molecule has 0 unspecified atom stereocenters. The van der Waals surface area contributed by atoms with Crippen molar-refractivity contribution in [3.8, 4) is 0 Å². The highest BCUT2D eigenvalue weighted by atomic mass is 32.2. The molecule has 142 valence electrons. The molecule has 6 nitrogen and oxygen atoms in total. The fraction of sp³-hybridized carbons (Fsp3) is 0.0476. The number of carbonyl (C=O) groups is 1. The molecule has 0 aromatic heterocycles. The number of benzene rings is 3. The van der Waals surface area contributed by atoms with Crippen molar-refractivity contribution < 1.29 is 23.0 Å². The number of fused-ring (bicyclic) bond motifs is 2. The minimum atomic E-state index is -4.02. The summed E-state index contributed by atoms with van der Waals surface area (Å²) in [5, 5.41) is 12.5. The Hall–Kier alpha value is -3.29. The van der Waals surface area contributed by atoms with Crippen molar-refractivity contribution in [3.05, 3.63) is 101 Å². The molecule has 0 aliphatic heterocycles. The van der Waals surface area contributed by atoms with E-state index in [1.807, 2.05) is 19.1 Å². The first-order chi connectivity index (χ1) is 13.3. The highest BCUT2D eigenvalue weighted by molar-refractivity contribution is 7.85. The van der Waals surface area contributed by atoms with Gasteiger partial charge in [-0.15, -0.1) is 0 Å². The van der Waals surface area contributed by atoms with Crippen LogP contribution in [0.15, 0.2) is 82.8 Å². The minimum absolute atomic E-state index is 0.0244. The number of nitrogens with zero attached hydrogens (tertiary/aromatic N) is 1. The number of hydrogen-bond acceptors (Lipinski definition) is 5. The van der Waals surface area contributed by atoms with Crippen LogP contribution in [0, 0.1) is 6.92 Å². The molecule has 0 saturated carbocycles. The number of rotatable bonds is 1. The third-order valence-electron chi connectivity index (χ3n) is 4.27. The second kappa shape index (κ2) is 7.75. The van der Waals surface area contributed by atoms with E-state index < -0.39 is 10.1 Å². The van der Waals surface area contributed by atoms with Gasteiger partial charge in [-0.3, -0.25) is 9.35 Å². The monoisotopic (exact) mass is 395 g/mol. The Labute approximate surface area is 162 Å². The number of ketones is 1. The highest BCUT2D eigenvalue weighted by Crippen LogP contribution is 2.27. The normalized spacial score (nSPS) is 12.4. The maximum Gasteiger partial charge on any atom is 0.294 e. The first-order valence-corrected chi connectivity index (χ1v) is 9.76. The Morgan fingerprint density at radius 2 is 1.18 bits per heavy atom. The van der Waals surface area contributed by atoms with E-state index in [-0.39, 0.29) is 10.7 Å². The van der Waals surface area contributed by atoms with Crippen molar-refractivity contribution in [2.24, 2.45) is 5.16 Å². The van der Waals surface area contributed by atoms with E-state index in [0.29, 0.717) is 28.0 Å². The average Bonchev–Trinajstić information content (AvgIpc) is 2.69. The fourth-order valence-corrected chi connectivity index (χ4v) is 3.36. The van der Waals surface area contributed by atoms with Gasteiger partial charge in [0, 0.05) is 22.3 Å². The molecular weight excluding hydrogens is 378 g/mol. The lowest BCUT2D eigenvalue weighted by Gasteiger charge is -2.18. The molecule has 0 heterocycles. The van der Waals surface area contributed by atoms with Crippen LogP contribution in [0.2, 0.25) is 0 Å². The van der Waals surface area contributed by atoms with Crippen LogP contribution in [0.25, 0.3) is 0 Å². The van der Waals surface area contributed by atoms with E-state index >= 15 is 0 Å². The molecule has 0 bridgehead atoms. The molecule has 0 spiro atoms. The van der Waals surface area contributed by atoms with Crippen LogP contribution in [0.1, 0.15) is 32.6 Å². The molecule has 28 heavy (non-hydrogen) atoms. The van der Waals surface area contributed by atoms with E-state index in [9.17, 15) is 13.2 Å². The third-order valence-corrected chi connectivity index (χ3v) is 5.14. The molecule has 0 radical (unpaired) electrons. The Bertz CT molecular complexity index is 1110. The first kappa shape index (κ1) is 19.5. The van der Waals surface area contributed by atoms with Gasteiger partial charge in [-0.2, -0.15) is 8.42 Å². The van der Waals surface area contributed by atoms with Gasteiger partial charge in [-0.25, -0.2) is 0 Å². The highest BCUT2D eigenvalue weighted by Gasteiger charge is 2.27. The van der Waals surface area contributed by atoms with Crippen LogP contribution in [0.5, 0.6) is 0 Å². The van der Waals surface area contributed by atoms with Crippen molar-refractivity contribution >= 4 is 21.6 Å². The molecule has 2 N–H and O–H groups in total. The fourth-order valence-electron chi connectivity index (χ4n) is 2.88. The zero-order chi connectivity index (χ0) is 20.3. The van der Waals surface area contributed by atoms with Crippen molar-refractivity contribution in [2.45, 2.75) is 11.8 Å². The van der Waals surface area contributed by atoms with Gasteiger partial charge >= 0.3 is 0 Å². The molecule has 0 amide bonds. The second-order valence-electron chi connectivity index (χ2n) is 6.16. The summed E-state index contributed by atoms with van der Waals surface area (Å²) >= 11 is 0. The van der Waals surface area contributed by atoms with E-state index in [4.69, 9.17) is 9.76 Å². The van der Waals surface area contributed by atoms with Crippen LogP contribution in [-0.2, 0) is 10.1 Å². The Morgan fingerprint density at radius 1 is 0.750 bits per heavy atom. The molecule has 4 rings (SSSR count). The van der Waals surface area contributed by atoms with E-state index in [0.717, 1.165) is 5.56 Å². The predicted octanol–water partition coefficient (Wildman–Crippen LogP) is 3.70. The van der Waals surface area contributed by atoms with Gasteiger partial charge < -0.3 is 5.21 Å². The van der Waals surface area contributed by atoms with Crippen LogP contribution in [-0.4, -0.2) is 29.7 Å². The third kappa shape index (κ3) is 3.85. The molecule has 7 heteroatoms. The summed E-state index contributed by atoms with van der Waals surface area (Å²) in [6.45, 7) is 1.84. The summed E-state index contributed by atoms with van der Waals surface area (Å²) in [6, 6.07) is 20.3. The number of hydrogen-bond donors (Lipinski definition) is 2. The van der Waals surface area contributed by atoms with Gasteiger partial charge in [0.25, 0.3) is 10.1 Å². The van der Waals surface area contributed by atoms with Crippen LogP contribution < -0.4 is 0 Å². The van der Waals surface area contributed by atoms with Crippen LogP contribution >= 0.6 is 0 Å². The maximum atomic E-state index is 12.2. The minimum Gasteiger partial charge on any atom is -0.410 e. The van der Waals surface area contributed by atoms with Gasteiger partial charge in [-0.1, -0.05) is 71.4 Å². The average molecular weight is 395 g/mol. The lowest BCUT2D eigenvalue weighted by molar-refractivity contribution is 0.103. The molecule has 0 fully saturated rings. The second-order valence-corrected chi connectivity index (χ2v) is 7.58. The van der Waals surface area contributed by atoms with Gasteiger partial charge in [0.1, 0.15) is 5.71 Å². The topological polar surface area (TPSA) is 104 Å². The molecule has 1 aliphatic rings. The van der Waals surface area contributed by atoms with Gasteiger partial charge in [0.15, 0.2) is 5.78 Å². The summed E-state index contributed by atoms with van der Waals surface area (Å²) in [4.78, 5) is 12.2. The largest absolute Gasteiger partial charge is 0.410 e. The smallest absolute Gasteiger partial charge is 0.294 e. The van der Waals surface area contributed by atoms with Crippen molar-refractivity contribution in [2.75, 3.05) is 0 Å². The Morgan fingerprint density at radius 3 is 1.57 bits per heavy atom. The van der Waals surface area contributed by atoms with Gasteiger partial charge in [0.05, 0.1) is 4.90 Å². The molecule has 0 saturated heterocycles. The summed E-state index contributed by atoms with van der Waals surface area (Å²) < 4.78 is 29.6. The molecular formula is C21H17NO5S. The first-order valence-electron chi connectivity index (χ1n) is 8.32. The van der Waals surface area contributed by atoms with Crippen molar-refractivity contribution in [1.29, 1.82) is 0 Å². The lowest BCUT2D eigenvalue weighted by Crippen LogP contribution is -2.21. The number of aryl methyl sites for hydroxylation is 1. The summed E-state index contributed by atoms with van der Waals surface area (Å²) in [7, 11) is -4.02. The van der Waals surface area contributed by atoms with Gasteiger partial charge in [-0.05, 0) is 19.1 Å². The Kier molecular flexibility index (Phi) is 5.39. The van der Waals surface area contributed by atoms with E-state index in [1.54, 1.807) is 48.5 Å².